The molecular formula is C9H11ClFN3. The van der Waals surface area contributed by atoms with E-state index < -0.39 is 5.82 Å². The lowest BCUT2D eigenvalue weighted by molar-refractivity contribution is 0.621. The molecule has 1 aliphatic rings. The van der Waals surface area contributed by atoms with Crippen molar-refractivity contribution in [1.82, 2.24) is 4.98 Å². The van der Waals surface area contributed by atoms with Gasteiger partial charge in [-0.15, -0.1) is 0 Å². The Morgan fingerprint density at radius 1 is 1.64 bits per heavy atom. The van der Waals surface area contributed by atoms with Crippen LogP contribution in [-0.4, -0.2) is 24.1 Å². The molecule has 0 aromatic carbocycles. The number of rotatable bonds is 1. The maximum Gasteiger partial charge on any atom is 0.164 e. The van der Waals surface area contributed by atoms with Crippen molar-refractivity contribution in [3.05, 3.63) is 23.2 Å². The summed E-state index contributed by atoms with van der Waals surface area (Å²) in [6.45, 7) is 1.60. The highest BCUT2D eigenvalue weighted by Crippen LogP contribution is 2.22. The lowest BCUT2D eigenvalue weighted by Gasteiger charge is -2.17. The number of nitrogens with zero attached hydrogens (tertiary/aromatic N) is 2. The zero-order valence-corrected chi connectivity index (χ0v) is 8.34. The third kappa shape index (κ3) is 1.81. The number of pyridine rings is 1. The van der Waals surface area contributed by atoms with Gasteiger partial charge in [0.1, 0.15) is 0 Å². The van der Waals surface area contributed by atoms with Gasteiger partial charge in [-0.05, 0) is 6.42 Å². The van der Waals surface area contributed by atoms with Gasteiger partial charge in [-0.2, -0.15) is 0 Å². The first kappa shape index (κ1) is 9.68. The summed E-state index contributed by atoms with van der Waals surface area (Å²) in [5.41, 5.74) is 6.50. The molecule has 0 spiro atoms. The Morgan fingerprint density at radius 2 is 2.43 bits per heavy atom. The molecule has 1 aliphatic heterocycles. The van der Waals surface area contributed by atoms with E-state index in [-0.39, 0.29) is 11.2 Å². The molecule has 2 heterocycles. The molecule has 76 valence electrons. The minimum absolute atomic E-state index is 0.0859. The highest BCUT2D eigenvalue weighted by molar-refractivity contribution is 6.29. The number of nitrogens with two attached hydrogens (primary N) is 1. The van der Waals surface area contributed by atoms with Crippen molar-refractivity contribution in [2.75, 3.05) is 18.0 Å². The zero-order chi connectivity index (χ0) is 10.1. The Morgan fingerprint density at radius 3 is 3.00 bits per heavy atom. The maximum absolute atomic E-state index is 13.1. The van der Waals surface area contributed by atoms with Gasteiger partial charge in [0.05, 0.1) is 11.9 Å². The molecule has 0 radical (unpaired) electrons. The van der Waals surface area contributed by atoms with Gasteiger partial charge in [0.2, 0.25) is 0 Å². The van der Waals surface area contributed by atoms with Crippen molar-refractivity contribution in [1.29, 1.82) is 0 Å². The van der Waals surface area contributed by atoms with Crippen LogP contribution in [0.2, 0.25) is 5.15 Å². The summed E-state index contributed by atoms with van der Waals surface area (Å²) in [5, 5.41) is -0.0859. The third-order valence-electron chi connectivity index (χ3n) is 2.37. The molecule has 2 rings (SSSR count). The van der Waals surface area contributed by atoms with Crippen LogP contribution in [0.15, 0.2) is 12.3 Å². The smallest absolute Gasteiger partial charge is 0.164 e. The molecule has 0 bridgehead atoms. The van der Waals surface area contributed by atoms with Crippen LogP contribution in [0.3, 0.4) is 0 Å². The van der Waals surface area contributed by atoms with E-state index in [9.17, 15) is 4.39 Å². The molecule has 1 fully saturated rings. The minimum Gasteiger partial charge on any atom is -0.369 e. The van der Waals surface area contributed by atoms with E-state index in [0.717, 1.165) is 25.2 Å². The van der Waals surface area contributed by atoms with Crippen LogP contribution in [-0.2, 0) is 0 Å². The normalized spacial score (nSPS) is 21.6. The monoisotopic (exact) mass is 215 g/mol. The highest BCUT2D eigenvalue weighted by Gasteiger charge is 2.20. The second kappa shape index (κ2) is 3.71. The van der Waals surface area contributed by atoms with Crippen LogP contribution >= 0.6 is 11.6 Å². The lowest BCUT2D eigenvalue weighted by atomic mass is 10.3. The predicted molar refractivity (Wildman–Crippen MR) is 54.0 cm³/mol. The summed E-state index contributed by atoms with van der Waals surface area (Å²) in [7, 11) is 0. The second-order valence-corrected chi connectivity index (χ2v) is 3.82. The van der Waals surface area contributed by atoms with E-state index in [0.29, 0.717) is 0 Å². The average molecular weight is 216 g/mol. The van der Waals surface area contributed by atoms with Crippen molar-refractivity contribution in [3.63, 3.8) is 0 Å². The van der Waals surface area contributed by atoms with E-state index in [1.165, 1.54) is 6.07 Å². The molecule has 1 aromatic heterocycles. The van der Waals surface area contributed by atoms with E-state index in [1.807, 2.05) is 4.90 Å². The maximum atomic E-state index is 13.1. The summed E-state index contributed by atoms with van der Waals surface area (Å²) in [4.78, 5) is 5.77. The summed E-state index contributed by atoms with van der Waals surface area (Å²) in [5.74, 6) is -0.482. The third-order valence-corrected chi connectivity index (χ3v) is 2.65. The fourth-order valence-corrected chi connectivity index (χ4v) is 1.71. The highest BCUT2D eigenvalue weighted by atomic mass is 35.5. The standard InChI is InChI=1S/C9H11ClFN3/c10-9-8(11)3-7(4-13-9)14-2-1-6(12)5-14/h3-4,6H,1-2,5,12H2. The molecule has 1 saturated heterocycles. The summed E-state index contributed by atoms with van der Waals surface area (Å²) < 4.78 is 13.1. The average Bonchev–Trinajstić information content (AvgIpc) is 2.57. The van der Waals surface area contributed by atoms with Gasteiger partial charge < -0.3 is 10.6 Å². The minimum atomic E-state index is -0.482. The molecule has 0 amide bonds. The SMILES string of the molecule is NC1CCN(c2cnc(Cl)c(F)c2)C1. The Labute approximate surface area is 86.7 Å². The van der Waals surface area contributed by atoms with E-state index in [2.05, 4.69) is 4.98 Å². The lowest BCUT2D eigenvalue weighted by Crippen LogP contribution is -2.26. The Bertz CT molecular complexity index is 345. The summed E-state index contributed by atoms with van der Waals surface area (Å²) in [6, 6.07) is 1.57. The first-order chi connectivity index (χ1) is 6.66. The molecule has 2 N–H and O–H groups in total. The van der Waals surface area contributed by atoms with Gasteiger partial charge >= 0.3 is 0 Å². The topological polar surface area (TPSA) is 42.1 Å². The van der Waals surface area contributed by atoms with Crippen molar-refractivity contribution < 1.29 is 4.39 Å². The summed E-state index contributed by atoms with van der Waals surface area (Å²) >= 11 is 5.49. The van der Waals surface area contributed by atoms with Crippen LogP contribution < -0.4 is 10.6 Å². The zero-order valence-electron chi connectivity index (χ0n) is 7.58. The van der Waals surface area contributed by atoms with Gasteiger partial charge in [0.15, 0.2) is 11.0 Å². The number of hydrogen-bond donors (Lipinski definition) is 1. The van der Waals surface area contributed by atoms with E-state index >= 15 is 0 Å². The number of anilines is 1. The Kier molecular flexibility index (Phi) is 2.56. The molecule has 1 aromatic rings. The number of aromatic nitrogens is 1. The Hall–Kier alpha value is -0.870. The van der Waals surface area contributed by atoms with Crippen LogP contribution in [0, 0.1) is 5.82 Å². The summed E-state index contributed by atoms with van der Waals surface area (Å²) in [6.07, 6.45) is 2.51. The fraction of sp³-hybridized carbons (Fsp3) is 0.444. The van der Waals surface area contributed by atoms with Crippen LogP contribution in [0.25, 0.3) is 0 Å². The molecular weight excluding hydrogens is 205 g/mol. The molecule has 14 heavy (non-hydrogen) atoms. The Balaban J connectivity index is 2.20. The van der Waals surface area contributed by atoms with Gasteiger partial charge in [0.25, 0.3) is 0 Å². The van der Waals surface area contributed by atoms with Gasteiger partial charge in [-0.25, -0.2) is 9.37 Å². The predicted octanol–water partition coefficient (Wildman–Crippen LogP) is 1.41. The molecule has 0 aliphatic carbocycles. The first-order valence-corrected chi connectivity index (χ1v) is 4.86. The van der Waals surface area contributed by atoms with Crippen molar-refractivity contribution in [2.24, 2.45) is 5.73 Å². The van der Waals surface area contributed by atoms with Crippen LogP contribution in [0.4, 0.5) is 10.1 Å². The molecule has 0 saturated carbocycles. The largest absolute Gasteiger partial charge is 0.369 e. The number of halogens is 2. The van der Waals surface area contributed by atoms with Crippen molar-refractivity contribution in [2.45, 2.75) is 12.5 Å². The molecule has 1 atom stereocenters. The molecule has 5 heteroatoms. The number of hydrogen-bond acceptors (Lipinski definition) is 3. The van der Waals surface area contributed by atoms with E-state index in [1.54, 1.807) is 6.20 Å². The van der Waals surface area contributed by atoms with Crippen LogP contribution in [0.5, 0.6) is 0 Å². The van der Waals surface area contributed by atoms with Gasteiger partial charge in [0, 0.05) is 25.2 Å². The van der Waals surface area contributed by atoms with Gasteiger partial charge in [-0.1, -0.05) is 11.6 Å². The van der Waals surface area contributed by atoms with Gasteiger partial charge in [-0.3, -0.25) is 0 Å². The quantitative estimate of drug-likeness (QED) is 0.721. The molecule has 3 nitrogen and oxygen atoms in total. The van der Waals surface area contributed by atoms with Crippen molar-refractivity contribution in [3.8, 4) is 0 Å². The van der Waals surface area contributed by atoms with Crippen LogP contribution in [0.1, 0.15) is 6.42 Å². The fourth-order valence-electron chi connectivity index (χ4n) is 1.61. The van der Waals surface area contributed by atoms with Crippen molar-refractivity contribution >= 4 is 17.3 Å². The molecule has 1 unspecified atom stereocenters. The first-order valence-electron chi connectivity index (χ1n) is 4.48. The van der Waals surface area contributed by atoms with E-state index in [4.69, 9.17) is 17.3 Å². The second-order valence-electron chi connectivity index (χ2n) is 3.46.